The smallest absolute Gasteiger partial charge is 0.261 e. The molecule has 5 nitrogen and oxygen atoms in total. The number of benzene rings is 3. The van der Waals surface area contributed by atoms with E-state index in [-0.39, 0.29) is 18.4 Å². The van der Waals surface area contributed by atoms with E-state index in [0.29, 0.717) is 29.1 Å². The van der Waals surface area contributed by atoms with Crippen LogP contribution in [0.2, 0.25) is 0 Å². The molecule has 0 saturated heterocycles. The Labute approximate surface area is 167 Å². The lowest BCUT2D eigenvalue weighted by Gasteiger charge is -2.11. The fraction of sp³-hybridized carbons (Fsp3) is 0.0833. The molecule has 0 bridgehead atoms. The number of nitrogens with zero attached hydrogens (tertiary/aromatic N) is 1. The summed E-state index contributed by atoms with van der Waals surface area (Å²) in [6, 6.07) is 24.2. The van der Waals surface area contributed by atoms with Crippen molar-refractivity contribution in [3.8, 4) is 5.75 Å². The van der Waals surface area contributed by atoms with E-state index in [1.54, 1.807) is 24.3 Å². The average Bonchev–Trinajstić information content (AvgIpc) is 3.27. The highest BCUT2D eigenvalue weighted by Crippen LogP contribution is 2.28. The molecule has 2 amide bonds. The number of hydrogen-bond acceptors (Lipinski definition) is 4. The molecule has 0 radical (unpaired) electrons. The third-order valence-electron chi connectivity index (χ3n) is 4.98. The molecule has 2 heterocycles. The molecule has 0 aliphatic carbocycles. The number of furan rings is 1. The van der Waals surface area contributed by atoms with Crippen LogP contribution in [0.1, 0.15) is 32.0 Å². The highest BCUT2D eigenvalue weighted by molar-refractivity contribution is 6.21. The lowest BCUT2D eigenvalue weighted by molar-refractivity contribution is 0.0632. The average molecular weight is 383 g/mol. The van der Waals surface area contributed by atoms with Crippen molar-refractivity contribution >= 4 is 22.8 Å². The van der Waals surface area contributed by atoms with Crippen molar-refractivity contribution < 1.29 is 18.7 Å². The Balaban J connectivity index is 1.34. The van der Waals surface area contributed by atoms with Crippen molar-refractivity contribution in [2.24, 2.45) is 0 Å². The van der Waals surface area contributed by atoms with Gasteiger partial charge in [0, 0.05) is 5.39 Å². The lowest BCUT2D eigenvalue weighted by Crippen LogP contribution is -2.28. The number of hydrogen-bond donors (Lipinski definition) is 0. The Morgan fingerprint density at radius 2 is 1.48 bits per heavy atom. The van der Waals surface area contributed by atoms with Gasteiger partial charge in [-0.1, -0.05) is 42.5 Å². The number of ether oxygens (including phenoxy) is 1. The van der Waals surface area contributed by atoms with Gasteiger partial charge in [0.05, 0.1) is 17.7 Å². The van der Waals surface area contributed by atoms with Crippen molar-refractivity contribution in [2.45, 2.75) is 13.2 Å². The van der Waals surface area contributed by atoms with Crippen LogP contribution in [0.3, 0.4) is 0 Å². The van der Waals surface area contributed by atoms with E-state index in [0.717, 1.165) is 16.7 Å². The van der Waals surface area contributed by atoms with Crippen LogP contribution in [0.25, 0.3) is 11.0 Å². The normalized spacial score (nSPS) is 13.2. The zero-order chi connectivity index (χ0) is 19.8. The van der Waals surface area contributed by atoms with Crippen molar-refractivity contribution in [3.05, 3.63) is 101 Å². The summed E-state index contributed by atoms with van der Waals surface area (Å²) in [5.74, 6) is 0.694. The highest BCUT2D eigenvalue weighted by Gasteiger charge is 2.35. The van der Waals surface area contributed by atoms with Crippen LogP contribution < -0.4 is 4.74 Å². The van der Waals surface area contributed by atoms with E-state index in [1.165, 1.54) is 4.90 Å². The van der Waals surface area contributed by atoms with Crippen LogP contribution in [0, 0.1) is 0 Å². The summed E-state index contributed by atoms with van der Waals surface area (Å²) in [5.41, 5.74) is 2.64. The van der Waals surface area contributed by atoms with Gasteiger partial charge in [-0.2, -0.15) is 0 Å². The first kappa shape index (κ1) is 17.3. The van der Waals surface area contributed by atoms with Gasteiger partial charge in [-0.25, -0.2) is 0 Å². The molecule has 142 valence electrons. The topological polar surface area (TPSA) is 59.8 Å². The predicted molar refractivity (Wildman–Crippen MR) is 108 cm³/mol. The first-order valence-electron chi connectivity index (χ1n) is 9.33. The van der Waals surface area contributed by atoms with Gasteiger partial charge in [-0.15, -0.1) is 0 Å². The van der Waals surface area contributed by atoms with Crippen molar-refractivity contribution in [2.75, 3.05) is 0 Å². The van der Waals surface area contributed by atoms with Gasteiger partial charge in [0.25, 0.3) is 11.8 Å². The van der Waals surface area contributed by atoms with Crippen molar-refractivity contribution in [1.82, 2.24) is 4.90 Å². The summed E-state index contributed by atoms with van der Waals surface area (Å²) in [6.07, 6.45) is 0. The minimum Gasteiger partial charge on any atom is -0.489 e. The standard InChI is InChI=1S/C24H17NO4/c26-23-20-8-4-5-9-21(20)24(27)25(23)14-19-13-17-12-18(10-11-22(17)29-19)28-15-16-6-2-1-3-7-16/h1-13H,14-15H2. The number of carbonyl (C=O) groups excluding carboxylic acids is 2. The fourth-order valence-electron chi connectivity index (χ4n) is 3.52. The van der Waals surface area contributed by atoms with E-state index in [4.69, 9.17) is 9.15 Å². The molecule has 0 N–H and O–H groups in total. The van der Waals surface area contributed by atoms with Crippen LogP contribution in [-0.2, 0) is 13.2 Å². The third-order valence-corrected chi connectivity index (χ3v) is 4.98. The van der Waals surface area contributed by atoms with Crippen LogP contribution in [0.4, 0.5) is 0 Å². The van der Waals surface area contributed by atoms with Crippen molar-refractivity contribution in [3.63, 3.8) is 0 Å². The van der Waals surface area contributed by atoms with E-state index in [9.17, 15) is 9.59 Å². The number of imide groups is 1. The molecule has 0 fully saturated rings. The Morgan fingerprint density at radius 1 is 0.793 bits per heavy atom. The van der Waals surface area contributed by atoms with E-state index < -0.39 is 0 Å². The second kappa shape index (κ2) is 6.95. The summed E-state index contributed by atoms with van der Waals surface area (Å²) in [6.45, 7) is 0.577. The Bertz CT molecular complexity index is 1190. The summed E-state index contributed by atoms with van der Waals surface area (Å²) in [4.78, 5) is 26.3. The van der Waals surface area contributed by atoms with Gasteiger partial charge in [-0.05, 0) is 42.0 Å². The second-order valence-corrected chi connectivity index (χ2v) is 6.93. The van der Waals surface area contributed by atoms with Gasteiger partial charge in [-0.3, -0.25) is 14.5 Å². The molecular formula is C24H17NO4. The highest BCUT2D eigenvalue weighted by atomic mass is 16.5. The summed E-state index contributed by atoms with van der Waals surface area (Å²) >= 11 is 0. The Morgan fingerprint density at radius 3 is 2.21 bits per heavy atom. The summed E-state index contributed by atoms with van der Waals surface area (Å²) in [5, 5.41) is 0.863. The largest absolute Gasteiger partial charge is 0.489 e. The van der Waals surface area contributed by atoms with Gasteiger partial charge < -0.3 is 9.15 Å². The number of fused-ring (bicyclic) bond motifs is 2. The van der Waals surface area contributed by atoms with Crippen molar-refractivity contribution in [1.29, 1.82) is 0 Å². The summed E-state index contributed by atoms with van der Waals surface area (Å²) < 4.78 is 11.7. The van der Waals surface area contributed by atoms with E-state index >= 15 is 0 Å². The van der Waals surface area contributed by atoms with Crippen LogP contribution in [-0.4, -0.2) is 16.7 Å². The third kappa shape index (κ3) is 3.17. The minimum absolute atomic E-state index is 0.0984. The second-order valence-electron chi connectivity index (χ2n) is 6.93. The lowest BCUT2D eigenvalue weighted by atomic mass is 10.1. The molecule has 0 saturated carbocycles. The molecule has 5 heteroatoms. The number of rotatable bonds is 5. The fourth-order valence-corrected chi connectivity index (χ4v) is 3.52. The van der Waals surface area contributed by atoms with Gasteiger partial charge in [0.1, 0.15) is 23.7 Å². The van der Waals surface area contributed by atoms with Crippen LogP contribution >= 0.6 is 0 Å². The molecule has 0 unspecified atom stereocenters. The van der Waals surface area contributed by atoms with Gasteiger partial charge in [0.2, 0.25) is 0 Å². The summed E-state index contributed by atoms with van der Waals surface area (Å²) in [7, 11) is 0. The van der Waals surface area contributed by atoms with E-state index in [1.807, 2.05) is 54.6 Å². The molecule has 4 aromatic rings. The van der Waals surface area contributed by atoms with Crippen LogP contribution in [0.5, 0.6) is 5.75 Å². The maximum absolute atomic E-state index is 12.5. The maximum atomic E-state index is 12.5. The molecule has 0 spiro atoms. The molecule has 0 atom stereocenters. The molecule has 3 aromatic carbocycles. The number of amides is 2. The molecule has 5 rings (SSSR count). The first-order valence-corrected chi connectivity index (χ1v) is 9.33. The predicted octanol–water partition coefficient (Wildman–Crippen LogP) is 4.81. The maximum Gasteiger partial charge on any atom is 0.261 e. The Hall–Kier alpha value is -3.86. The Kier molecular flexibility index (Phi) is 4.13. The molecule has 29 heavy (non-hydrogen) atoms. The van der Waals surface area contributed by atoms with Gasteiger partial charge in [0.15, 0.2) is 0 Å². The SMILES string of the molecule is O=C1c2ccccc2C(=O)N1Cc1cc2cc(OCc3ccccc3)ccc2o1. The quantitative estimate of drug-likeness (QED) is 0.464. The molecular weight excluding hydrogens is 366 g/mol. The first-order chi connectivity index (χ1) is 14.2. The van der Waals surface area contributed by atoms with Gasteiger partial charge >= 0.3 is 0 Å². The zero-order valence-corrected chi connectivity index (χ0v) is 15.5. The minimum atomic E-state index is -0.294. The molecule has 1 aromatic heterocycles. The molecule has 1 aliphatic heterocycles. The monoisotopic (exact) mass is 383 g/mol. The van der Waals surface area contributed by atoms with Crippen LogP contribution in [0.15, 0.2) is 83.3 Å². The molecule has 1 aliphatic rings. The van der Waals surface area contributed by atoms with E-state index in [2.05, 4.69) is 0 Å². The number of carbonyl (C=O) groups is 2. The zero-order valence-electron chi connectivity index (χ0n) is 15.5.